The molecule has 0 aliphatic heterocycles. The van der Waals surface area contributed by atoms with Crippen molar-refractivity contribution in [2.45, 2.75) is 33.6 Å². The largest absolute Gasteiger partial charge is 0.326 e. The third kappa shape index (κ3) is 4.17. The number of carbonyl (C=O) groups excluding carboxylic acids is 1. The lowest BCUT2D eigenvalue weighted by Gasteiger charge is -2.12. The molecule has 2 aromatic heterocycles. The summed E-state index contributed by atoms with van der Waals surface area (Å²) in [4.78, 5) is 17.1. The molecule has 2 heterocycles. The molecule has 1 amide bonds. The van der Waals surface area contributed by atoms with E-state index in [9.17, 15) is 13.6 Å². The third-order valence-electron chi connectivity index (χ3n) is 5.34. The lowest BCUT2D eigenvalue weighted by atomic mass is 10.0. The number of nitrogens with one attached hydrogen (secondary N) is 1. The molecule has 4 aromatic rings. The van der Waals surface area contributed by atoms with Crippen molar-refractivity contribution in [3.05, 3.63) is 82.8 Å². The fraction of sp³-hybridized carbons (Fsp3) is 0.208. The first-order valence-electron chi connectivity index (χ1n) is 10.00. The van der Waals surface area contributed by atoms with E-state index < -0.39 is 5.82 Å². The van der Waals surface area contributed by atoms with Crippen LogP contribution in [0.4, 0.5) is 14.5 Å². The summed E-state index contributed by atoms with van der Waals surface area (Å²) in [6.07, 6.45) is 0.711. The van der Waals surface area contributed by atoms with Gasteiger partial charge in [-0.25, -0.2) is 18.3 Å². The van der Waals surface area contributed by atoms with E-state index in [2.05, 4.69) is 10.4 Å². The van der Waals surface area contributed by atoms with Crippen LogP contribution >= 0.6 is 0 Å². The molecule has 5 nitrogen and oxygen atoms in total. The summed E-state index contributed by atoms with van der Waals surface area (Å²) in [5.41, 5.74) is 6.29. The first-order valence-corrected chi connectivity index (χ1v) is 10.00. The number of rotatable bonds is 5. The van der Waals surface area contributed by atoms with Gasteiger partial charge in [-0.3, -0.25) is 4.79 Å². The fourth-order valence-corrected chi connectivity index (χ4v) is 3.81. The molecular formula is C24H22F2N4O. The number of hydrogen-bond acceptors (Lipinski definition) is 3. The first-order chi connectivity index (χ1) is 14.8. The predicted octanol–water partition coefficient (Wildman–Crippen LogP) is 5.17. The number of hydrogen-bond donors (Lipinski definition) is 1. The number of benzene rings is 2. The van der Waals surface area contributed by atoms with Crippen LogP contribution in [0.2, 0.25) is 0 Å². The van der Waals surface area contributed by atoms with Crippen LogP contribution in [-0.2, 0) is 11.2 Å². The Bertz CT molecular complexity index is 1280. The molecule has 0 atom stereocenters. The van der Waals surface area contributed by atoms with Gasteiger partial charge in [0.15, 0.2) is 5.65 Å². The molecule has 2 aromatic carbocycles. The van der Waals surface area contributed by atoms with Crippen molar-refractivity contribution in [1.29, 1.82) is 0 Å². The number of carbonyl (C=O) groups is 1. The van der Waals surface area contributed by atoms with Gasteiger partial charge >= 0.3 is 0 Å². The monoisotopic (exact) mass is 420 g/mol. The number of aromatic nitrogens is 3. The minimum atomic E-state index is -0.398. The van der Waals surface area contributed by atoms with E-state index in [-0.39, 0.29) is 18.1 Å². The van der Waals surface area contributed by atoms with Crippen LogP contribution in [0.1, 0.15) is 29.1 Å². The molecule has 158 valence electrons. The van der Waals surface area contributed by atoms with Crippen molar-refractivity contribution in [3.8, 4) is 11.1 Å². The Labute approximate surface area is 178 Å². The van der Waals surface area contributed by atoms with Gasteiger partial charge in [-0.1, -0.05) is 18.2 Å². The van der Waals surface area contributed by atoms with E-state index in [0.717, 1.165) is 33.8 Å². The van der Waals surface area contributed by atoms with Crippen molar-refractivity contribution in [3.63, 3.8) is 0 Å². The van der Waals surface area contributed by atoms with Crippen molar-refractivity contribution in [2.24, 2.45) is 0 Å². The molecule has 0 saturated carbocycles. The number of aryl methyl sites for hydroxylation is 3. The maximum absolute atomic E-state index is 13.3. The number of halogens is 2. The Balaban J connectivity index is 1.61. The van der Waals surface area contributed by atoms with Crippen molar-refractivity contribution in [2.75, 3.05) is 5.32 Å². The molecular weight excluding hydrogens is 398 g/mol. The van der Waals surface area contributed by atoms with Crippen LogP contribution in [0, 0.1) is 32.4 Å². The zero-order valence-electron chi connectivity index (χ0n) is 17.5. The lowest BCUT2D eigenvalue weighted by Crippen LogP contribution is -2.14. The summed E-state index contributed by atoms with van der Waals surface area (Å²) in [7, 11) is 0. The lowest BCUT2D eigenvalue weighted by molar-refractivity contribution is -0.116. The van der Waals surface area contributed by atoms with Gasteiger partial charge in [-0.2, -0.15) is 5.10 Å². The average molecular weight is 420 g/mol. The number of anilines is 1. The minimum absolute atomic E-state index is 0.201. The highest BCUT2D eigenvalue weighted by atomic mass is 19.1. The van der Waals surface area contributed by atoms with Gasteiger partial charge in [0.25, 0.3) is 0 Å². The molecule has 4 rings (SSSR count). The smallest absolute Gasteiger partial charge is 0.224 e. The average Bonchev–Trinajstić information content (AvgIpc) is 3.04. The van der Waals surface area contributed by atoms with E-state index in [0.29, 0.717) is 17.8 Å². The van der Waals surface area contributed by atoms with Crippen molar-refractivity contribution < 1.29 is 13.6 Å². The third-order valence-corrected chi connectivity index (χ3v) is 5.34. The van der Waals surface area contributed by atoms with Crippen molar-refractivity contribution >= 4 is 17.2 Å². The quantitative estimate of drug-likeness (QED) is 0.485. The van der Waals surface area contributed by atoms with Gasteiger partial charge in [-0.05, 0) is 68.7 Å². The maximum atomic E-state index is 13.3. The molecule has 1 N–H and O–H groups in total. The molecule has 0 fully saturated rings. The van der Waals surface area contributed by atoms with Crippen LogP contribution in [0.25, 0.3) is 16.8 Å². The zero-order chi connectivity index (χ0) is 22.1. The highest BCUT2D eigenvalue weighted by Gasteiger charge is 2.18. The number of fused-ring (bicyclic) bond motifs is 1. The Hall–Kier alpha value is -3.61. The Morgan fingerprint density at radius 2 is 1.74 bits per heavy atom. The second kappa shape index (κ2) is 8.26. The molecule has 0 aliphatic rings. The number of amides is 1. The van der Waals surface area contributed by atoms with Crippen LogP contribution in [-0.4, -0.2) is 20.5 Å². The highest BCUT2D eigenvalue weighted by molar-refractivity contribution is 5.90. The second-order valence-electron chi connectivity index (χ2n) is 7.52. The SMILES string of the molecule is Cc1nc2c(-c3ccc(F)cc3)c(C)nn2c(C)c1CCC(=O)Nc1cccc(F)c1. The summed E-state index contributed by atoms with van der Waals surface area (Å²) in [5.74, 6) is -0.893. The summed E-state index contributed by atoms with van der Waals surface area (Å²) >= 11 is 0. The summed E-state index contributed by atoms with van der Waals surface area (Å²) in [6, 6.07) is 12.1. The second-order valence-corrected chi connectivity index (χ2v) is 7.52. The Kier molecular flexibility index (Phi) is 5.50. The van der Waals surface area contributed by atoms with Gasteiger partial charge in [0.1, 0.15) is 11.6 Å². The van der Waals surface area contributed by atoms with Gasteiger partial charge < -0.3 is 5.32 Å². The standard InChI is InChI=1S/C24H22F2N4O/c1-14-21(11-12-22(31)28-20-6-4-5-19(26)13-20)16(3)30-24(27-14)23(15(2)29-30)17-7-9-18(25)10-8-17/h4-10,13H,11-12H2,1-3H3,(H,28,31). The van der Waals surface area contributed by atoms with E-state index >= 15 is 0 Å². The fourth-order valence-electron chi connectivity index (χ4n) is 3.81. The van der Waals surface area contributed by atoms with E-state index in [1.807, 2.05) is 20.8 Å². The summed E-state index contributed by atoms with van der Waals surface area (Å²) in [6.45, 7) is 5.75. The predicted molar refractivity (Wildman–Crippen MR) is 116 cm³/mol. The minimum Gasteiger partial charge on any atom is -0.326 e. The first kappa shape index (κ1) is 20.7. The number of nitrogens with zero attached hydrogens (tertiary/aromatic N) is 3. The Morgan fingerprint density at radius 1 is 1.00 bits per heavy atom. The van der Waals surface area contributed by atoms with Crippen LogP contribution < -0.4 is 5.32 Å². The summed E-state index contributed by atoms with van der Waals surface area (Å²) < 4.78 is 28.4. The molecule has 7 heteroatoms. The van der Waals surface area contributed by atoms with Gasteiger partial charge in [-0.15, -0.1) is 0 Å². The van der Waals surface area contributed by atoms with Crippen LogP contribution in [0.15, 0.2) is 48.5 Å². The highest BCUT2D eigenvalue weighted by Crippen LogP contribution is 2.29. The maximum Gasteiger partial charge on any atom is 0.224 e. The van der Waals surface area contributed by atoms with Crippen LogP contribution in [0.5, 0.6) is 0 Å². The normalized spacial score (nSPS) is 11.1. The zero-order valence-corrected chi connectivity index (χ0v) is 17.5. The molecule has 31 heavy (non-hydrogen) atoms. The Morgan fingerprint density at radius 3 is 2.45 bits per heavy atom. The van der Waals surface area contributed by atoms with Gasteiger partial charge in [0.05, 0.1) is 5.69 Å². The van der Waals surface area contributed by atoms with Crippen LogP contribution in [0.3, 0.4) is 0 Å². The van der Waals surface area contributed by atoms with Gasteiger partial charge in [0, 0.05) is 29.1 Å². The topological polar surface area (TPSA) is 59.3 Å². The van der Waals surface area contributed by atoms with Crippen molar-refractivity contribution in [1.82, 2.24) is 14.6 Å². The molecule has 0 bridgehead atoms. The molecule has 0 saturated heterocycles. The molecule has 0 spiro atoms. The molecule has 0 radical (unpaired) electrons. The van der Waals surface area contributed by atoms with E-state index in [1.165, 1.54) is 24.3 Å². The van der Waals surface area contributed by atoms with Gasteiger partial charge in [0.2, 0.25) is 5.91 Å². The van der Waals surface area contributed by atoms with E-state index in [1.54, 1.807) is 28.8 Å². The molecule has 0 aliphatic carbocycles. The van der Waals surface area contributed by atoms with E-state index in [4.69, 9.17) is 4.98 Å². The summed E-state index contributed by atoms with van der Waals surface area (Å²) in [5, 5.41) is 7.35. The molecule has 0 unspecified atom stereocenters.